The Bertz CT molecular complexity index is 716. The maximum Gasteiger partial charge on any atom is 0.131 e. The van der Waals surface area contributed by atoms with Gasteiger partial charge in [-0.25, -0.2) is 0 Å². The van der Waals surface area contributed by atoms with Crippen LogP contribution in [0.4, 0.5) is 0 Å². The highest BCUT2D eigenvalue weighted by Crippen LogP contribution is 2.26. The van der Waals surface area contributed by atoms with E-state index in [2.05, 4.69) is 25.9 Å². The Kier molecular flexibility index (Phi) is 3.74. The molecule has 0 fully saturated rings. The largest absolute Gasteiger partial charge is 0.457 e. The number of aromatic nitrogens is 2. The Morgan fingerprint density at radius 2 is 1.60 bits per heavy atom. The molecule has 0 unspecified atom stereocenters. The van der Waals surface area contributed by atoms with Crippen molar-refractivity contribution in [2.75, 3.05) is 0 Å². The van der Waals surface area contributed by atoms with Crippen LogP contribution in [-0.4, -0.2) is 9.97 Å². The van der Waals surface area contributed by atoms with Crippen LogP contribution < -0.4 is 4.74 Å². The van der Waals surface area contributed by atoms with Gasteiger partial charge in [-0.3, -0.25) is 9.97 Å². The molecule has 0 aliphatic rings. The van der Waals surface area contributed by atoms with E-state index >= 15 is 0 Å². The quantitative estimate of drug-likeness (QED) is 0.699. The van der Waals surface area contributed by atoms with Crippen molar-refractivity contribution in [3.05, 3.63) is 71.5 Å². The van der Waals surface area contributed by atoms with Gasteiger partial charge >= 0.3 is 0 Å². The van der Waals surface area contributed by atoms with Gasteiger partial charge in [0.2, 0.25) is 0 Å². The van der Waals surface area contributed by atoms with Crippen LogP contribution in [0.15, 0.2) is 71.5 Å². The van der Waals surface area contributed by atoms with Crippen molar-refractivity contribution >= 4 is 15.9 Å². The van der Waals surface area contributed by atoms with Crippen LogP contribution in [-0.2, 0) is 0 Å². The summed E-state index contributed by atoms with van der Waals surface area (Å²) in [7, 11) is 0. The van der Waals surface area contributed by atoms with Gasteiger partial charge in [0.25, 0.3) is 0 Å². The Balaban J connectivity index is 1.88. The first kappa shape index (κ1) is 12.8. The molecule has 98 valence electrons. The Morgan fingerprint density at radius 1 is 0.750 bits per heavy atom. The van der Waals surface area contributed by atoms with E-state index in [0.717, 1.165) is 27.4 Å². The molecule has 3 nitrogen and oxygen atoms in total. The third-order valence-electron chi connectivity index (χ3n) is 2.69. The zero-order chi connectivity index (χ0) is 13.8. The van der Waals surface area contributed by atoms with E-state index in [-0.39, 0.29) is 0 Å². The summed E-state index contributed by atoms with van der Waals surface area (Å²) in [6.07, 6.45) is 3.47. The van der Waals surface area contributed by atoms with Crippen LogP contribution in [0.5, 0.6) is 11.5 Å². The minimum atomic E-state index is 0.735. The van der Waals surface area contributed by atoms with E-state index in [0.29, 0.717) is 0 Å². The molecule has 0 aliphatic heterocycles. The normalized spacial score (nSPS) is 10.2. The van der Waals surface area contributed by atoms with E-state index in [4.69, 9.17) is 4.74 Å². The van der Waals surface area contributed by atoms with Crippen molar-refractivity contribution in [1.29, 1.82) is 0 Å². The van der Waals surface area contributed by atoms with E-state index in [9.17, 15) is 0 Å². The molecule has 0 saturated carbocycles. The van der Waals surface area contributed by atoms with E-state index in [1.54, 1.807) is 12.4 Å². The minimum absolute atomic E-state index is 0.735. The molecule has 0 spiro atoms. The summed E-state index contributed by atoms with van der Waals surface area (Å²) in [6.45, 7) is 0. The van der Waals surface area contributed by atoms with E-state index < -0.39 is 0 Å². The molecule has 0 bridgehead atoms. The summed E-state index contributed by atoms with van der Waals surface area (Å²) in [5, 5.41) is 0. The summed E-state index contributed by atoms with van der Waals surface area (Å²) in [6, 6.07) is 17.2. The van der Waals surface area contributed by atoms with E-state index in [1.165, 1.54) is 0 Å². The van der Waals surface area contributed by atoms with Crippen LogP contribution in [0.3, 0.4) is 0 Å². The minimum Gasteiger partial charge on any atom is -0.457 e. The van der Waals surface area contributed by atoms with Crippen molar-refractivity contribution in [3.63, 3.8) is 0 Å². The summed E-state index contributed by atoms with van der Waals surface area (Å²) in [5.74, 6) is 1.51. The molecule has 0 amide bonds. The fourth-order valence-corrected chi connectivity index (χ4v) is 2.17. The third kappa shape index (κ3) is 3.03. The van der Waals surface area contributed by atoms with Gasteiger partial charge in [-0.1, -0.05) is 28.1 Å². The summed E-state index contributed by atoms with van der Waals surface area (Å²) in [4.78, 5) is 8.60. The fraction of sp³-hybridized carbons (Fsp3) is 0. The molecule has 1 aromatic carbocycles. The zero-order valence-electron chi connectivity index (χ0n) is 10.5. The molecular formula is C16H11BrN2O. The highest BCUT2D eigenvalue weighted by molar-refractivity contribution is 9.10. The molecule has 2 heterocycles. The zero-order valence-corrected chi connectivity index (χ0v) is 12.1. The SMILES string of the molecule is Brc1cccc(Oc2ccnc(-c3ccccn3)c2)c1. The van der Waals surface area contributed by atoms with Gasteiger partial charge in [0, 0.05) is 22.9 Å². The fourth-order valence-electron chi connectivity index (χ4n) is 1.80. The lowest BCUT2D eigenvalue weighted by Gasteiger charge is -2.07. The molecule has 2 aromatic heterocycles. The summed E-state index contributed by atoms with van der Waals surface area (Å²) < 4.78 is 6.80. The van der Waals surface area contributed by atoms with Gasteiger partial charge in [-0.15, -0.1) is 0 Å². The second-order valence-electron chi connectivity index (χ2n) is 4.15. The lowest BCUT2D eigenvalue weighted by Crippen LogP contribution is -1.89. The number of halogens is 1. The van der Waals surface area contributed by atoms with Gasteiger partial charge in [0.1, 0.15) is 11.5 Å². The van der Waals surface area contributed by atoms with Crippen LogP contribution in [0, 0.1) is 0 Å². The number of rotatable bonds is 3. The number of pyridine rings is 2. The smallest absolute Gasteiger partial charge is 0.131 e. The van der Waals surface area contributed by atoms with Crippen molar-refractivity contribution in [1.82, 2.24) is 9.97 Å². The number of benzene rings is 1. The molecular weight excluding hydrogens is 316 g/mol. The molecule has 20 heavy (non-hydrogen) atoms. The number of hydrogen-bond acceptors (Lipinski definition) is 3. The van der Waals surface area contributed by atoms with Crippen LogP contribution in [0.25, 0.3) is 11.4 Å². The average molecular weight is 327 g/mol. The highest BCUT2D eigenvalue weighted by atomic mass is 79.9. The lowest BCUT2D eigenvalue weighted by molar-refractivity contribution is 0.482. The van der Waals surface area contributed by atoms with Crippen LogP contribution in [0.1, 0.15) is 0 Å². The maximum absolute atomic E-state index is 5.82. The summed E-state index contributed by atoms with van der Waals surface area (Å²) in [5.41, 5.74) is 1.62. The highest BCUT2D eigenvalue weighted by Gasteiger charge is 2.03. The van der Waals surface area contributed by atoms with Crippen LogP contribution >= 0.6 is 15.9 Å². The van der Waals surface area contributed by atoms with Crippen molar-refractivity contribution < 1.29 is 4.74 Å². The predicted octanol–water partition coefficient (Wildman–Crippen LogP) is 4.70. The number of nitrogens with zero attached hydrogens (tertiary/aromatic N) is 2. The monoisotopic (exact) mass is 326 g/mol. The van der Waals surface area contributed by atoms with Gasteiger partial charge in [-0.2, -0.15) is 0 Å². The number of hydrogen-bond donors (Lipinski definition) is 0. The first-order chi connectivity index (χ1) is 9.81. The lowest BCUT2D eigenvalue weighted by atomic mass is 10.2. The van der Waals surface area contributed by atoms with Gasteiger partial charge in [0.05, 0.1) is 11.4 Å². The molecule has 0 N–H and O–H groups in total. The first-order valence-electron chi connectivity index (χ1n) is 6.12. The van der Waals surface area contributed by atoms with Crippen molar-refractivity contribution in [2.45, 2.75) is 0 Å². The Morgan fingerprint density at radius 3 is 2.40 bits per heavy atom. The molecule has 0 saturated heterocycles. The molecule has 3 rings (SSSR count). The predicted molar refractivity (Wildman–Crippen MR) is 81.7 cm³/mol. The Hall–Kier alpha value is -2.20. The maximum atomic E-state index is 5.82. The van der Waals surface area contributed by atoms with Gasteiger partial charge < -0.3 is 4.74 Å². The van der Waals surface area contributed by atoms with Gasteiger partial charge in [-0.05, 0) is 36.4 Å². The molecule has 3 aromatic rings. The van der Waals surface area contributed by atoms with Crippen LogP contribution in [0.2, 0.25) is 0 Å². The molecule has 0 aliphatic carbocycles. The van der Waals surface area contributed by atoms with Crippen molar-refractivity contribution in [2.24, 2.45) is 0 Å². The Labute approximate surface area is 125 Å². The molecule has 0 radical (unpaired) electrons. The first-order valence-corrected chi connectivity index (χ1v) is 6.91. The van der Waals surface area contributed by atoms with E-state index in [1.807, 2.05) is 54.6 Å². The number of ether oxygens (including phenoxy) is 1. The van der Waals surface area contributed by atoms with Gasteiger partial charge in [0.15, 0.2) is 0 Å². The standard InChI is InChI=1S/C16H11BrN2O/c17-12-4-3-5-13(10-12)20-14-7-9-19-16(11-14)15-6-1-2-8-18-15/h1-11H. The second kappa shape index (κ2) is 5.84. The molecule has 0 atom stereocenters. The summed E-state index contributed by atoms with van der Waals surface area (Å²) >= 11 is 3.42. The third-order valence-corrected chi connectivity index (χ3v) is 3.18. The second-order valence-corrected chi connectivity index (χ2v) is 5.07. The topological polar surface area (TPSA) is 35.0 Å². The average Bonchev–Trinajstić information content (AvgIpc) is 2.48. The molecule has 4 heteroatoms. The van der Waals surface area contributed by atoms with Crippen molar-refractivity contribution in [3.8, 4) is 22.9 Å².